The first-order valence-electron chi connectivity index (χ1n) is 9.49. The Bertz CT molecular complexity index is 1210. The van der Waals surface area contributed by atoms with Gasteiger partial charge in [0.25, 0.3) is 5.91 Å². The number of carbonyl (C=O) groups excluding carboxylic acids is 1. The molecule has 2 aliphatic heterocycles. The third-order valence-electron chi connectivity index (χ3n) is 4.94. The van der Waals surface area contributed by atoms with Crippen LogP contribution >= 0.6 is 0 Å². The molecule has 0 spiro atoms. The van der Waals surface area contributed by atoms with E-state index in [0.29, 0.717) is 28.7 Å². The number of aryl methyl sites for hydroxylation is 1. The first-order valence-corrected chi connectivity index (χ1v) is 9.49. The minimum absolute atomic E-state index is 0.135. The fraction of sp³-hybridized carbons (Fsp3) is 0.0833. The molecule has 0 saturated carbocycles. The standard InChI is InChI=1S/C24H18N2O4/c1-15-3-2-4-17(11-15)23-25-20(12-16-5-10-21-22(13-16)30-14-29-21)24(28)26(23)18-6-8-19(27)9-7-18/h2-13,27H,14H2,1H3/b20-12+. The monoisotopic (exact) mass is 398 g/mol. The third kappa shape index (κ3) is 3.18. The number of phenols is 1. The van der Waals surface area contributed by atoms with Crippen LogP contribution in [-0.2, 0) is 4.79 Å². The van der Waals surface area contributed by atoms with Gasteiger partial charge in [-0.1, -0.05) is 29.8 Å². The molecule has 1 N–H and O–H groups in total. The molecule has 148 valence electrons. The van der Waals surface area contributed by atoms with E-state index in [9.17, 15) is 9.90 Å². The maximum absolute atomic E-state index is 13.3. The molecule has 0 bridgehead atoms. The van der Waals surface area contributed by atoms with Crippen LogP contribution in [0.4, 0.5) is 5.69 Å². The number of nitrogens with zero attached hydrogens (tertiary/aromatic N) is 2. The lowest BCUT2D eigenvalue weighted by Gasteiger charge is -2.18. The highest BCUT2D eigenvalue weighted by atomic mass is 16.7. The Hall–Kier alpha value is -4.06. The number of amides is 1. The summed E-state index contributed by atoms with van der Waals surface area (Å²) < 4.78 is 10.8. The molecule has 6 nitrogen and oxygen atoms in total. The van der Waals surface area contributed by atoms with Crippen LogP contribution in [0.1, 0.15) is 16.7 Å². The van der Waals surface area contributed by atoms with Crippen molar-refractivity contribution in [2.75, 3.05) is 11.7 Å². The van der Waals surface area contributed by atoms with E-state index in [0.717, 1.165) is 16.7 Å². The second kappa shape index (κ2) is 7.08. The minimum atomic E-state index is -0.241. The van der Waals surface area contributed by atoms with Gasteiger partial charge in [0, 0.05) is 5.56 Å². The summed E-state index contributed by atoms with van der Waals surface area (Å²) in [6.45, 7) is 2.19. The van der Waals surface area contributed by atoms with Gasteiger partial charge < -0.3 is 14.6 Å². The van der Waals surface area contributed by atoms with Crippen LogP contribution in [0.5, 0.6) is 17.2 Å². The number of amidine groups is 1. The van der Waals surface area contributed by atoms with Gasteiger partial charge in [-0.15, -0.1) is 0 Å². The Morgan fingerprint density at radius 3 is 2.60 bits per heavy atom. The molecule has 0 saturated heterocycles. The number of phenolic OH excluding ortho intramolecular Hbond substituents is 1. The number of hydrogen-bond acceptors (Lipinski definition) is 5. The summed E-state index contributed by atoms with van der Waals surface area (Å²) in [5.41, 5.74) is 3.65. The molecule has 0 aliphatic carbocycles. The molecular formula is C24H18N2O4. The number of fused-ring (bicyclic) bond motifs is 1. The van der Waals surface area contributed by atoms with E-state index in [1.807, 2.05) is 49.4 Å². The fourth-order valence-electron chi connectivity index (χ4n) is 3.50. The van der Waals surface area contributed by atoms with E-state index in [1.54, 1.807) is 35.2 Å². The Morgan fingerprint density at radius 1 is 1.00 bits per heavy atom. The van der Waals surface area contributed by atoms with Crippen LogP contribution in [-0.4, -0.2) is 23.6 Å². The van der Waals surface area contributed by atoms with E-state index in [1.165, 1.54) is 0 Å². The van der Waals surface area contributed by atoms with Crippen LogP contribution in [0.15, 0.2) is 77.4 Å². The highest BCUT2D eigenvalue weighted by Crippen LogP contribution is 2.34. The van der Waals surface area contributed by atoms with E-state index in [4.69, 9.17) is 9.47 Å². The van der Waals surface area contributed by atoms with Crippen molar-refractivity contribution in [1.29, 1.82) is 0 Å². The van der Waals surface area contributed by atoms with E-state index in [2.05, 4.69) is 4.99 Å². The number of hydrogen-bond donors (Lipinski definition) is 1. The van der Waals surface area contributed by atoms with Gasteiger partial charge in [0.2, 0.25) is 6.79 Å². The number of aromatic hydroxyl groups is 1. The molecule has 30 heavy (non-hydrogen) atoms. The van der Waals surface area contributed by atoms with Crippen molar-refractivity contribution in [3.05, 3.63) is 89.1 Å². The summed E-state index contributed by atoms with van der Waals surface area (Å²) in [5, 5.41) is 9.64. The average molecular weight is 398 g/mol. The van der Waals surface area contributed by atoms with Crippen LogP contribution in [0.2, 0.25) is 0 Å². The first kappa shape index (κ1) is 18.0. The van der Waals surface area contributed by atoms with Crippen LogP contribution in [0.3, 0.4) is 0 Å². The molecule has 3 aromatic carbocycles. The highest BCUT2D eigenvalue weighted by Gasteiger charge is 2.32. The molecular weight excluding hydrogens is 380 g/mol. The first-order chi connectivity index (χ1) is 14.6. The molecule has 0 fully saturated rings. The predicted molar refractivity (Wildman–Crippen MR) is 114 cm³/mol. The minimum Gasteiger partial charge on any atom is -0.508 e. The lowest BCUT2D eigenvalue weighted by molar-refractivity contribution is -0.113. The van der Waals surface area contributed by atoms with E-state index in [-0.39, 0.29) is 18.4 Å². The second-order valence-electron chi connectivity index (χ2n) is 7.10. The van der Waals surface area contributed by atoms with Crippen LogP contribution < -0.4 is 14.4 Å². The molecule has 0 aromatic heterocycles. The summed E-state index contributed by atoms with van der Waals surface area (Å²) >= 11 is 0. The lowest BCUT2D eigenvalue weighted by atomic mass is 10.1. The molecule has 1 amide bonds. The van der Waals surface area contributed by atoms with Crippen LogP contribution in [0.25, 0.3) is 6.08 Å². The van der Waals surface area contributed by atoms with Crippen molar-refractivity contribution in [3.8, 4) is 17.2 Å². The van der Waals surface area contributed by atoms with Crippen molar-refractivity contribution in [3.63, 3.8) is 0 Å². The largest absolute Gasteiger partial charge is 0.508 e. The quantitative estimate of drug-likeness (QED) is 0.669. The second-order valence-corrected chi connectivity index (χ2v) is 7.10. The number of carbonyl (C=O) groups is 1. The summed E-state index contributed by atoms with van der Waals surface area (Å²) in [7, 11) is 0. The zero-order valence-corrected chi connectivity index (χ0v) is 16.2. The normalized spacial score (nSPS) is 16.3. The number of ether oxygens (including phenoxy) is 2. The Morgan fingerprint density at radius 2 is 1.80 bits per heavy atom. The Balaban J connectivity index is 1.60. The third-order valence-corrected chi connectivity index (χ3v) is 4.94. The van der Waals surface area contributed by atoms with Crippen molar-refractivity contribution in [2.24, 2.45) is 4.99 Å². The Labute approximate surface area is 173 Å². The maximum Gasteiger partial charge on any atom is 0.282 e. The highest BCUT2D eigenvalue weighted by molar-refractivity contribution is 6.33. The topological polar surface area (TPSA) is 71.4 Å². The summed E-state index contributed by atoms with van der Waals surface area (Å²) in [6.07, 6.45) is 1.74. The maximum atomic E-state index is 13.3. The van der Waals surface area contributed by atoms with Gasteiger partial charge in [-0.3, -0.25) is 9.69 Å². The fourth-order valence-corrected chi connectivity index (χ4v) is 3.50. The molecule has 0 radical (unpaired) electrons. The predicted octanol–water partition coefficient (Wildman–Crippen LogP) is 4.26. The molecule has 2 aliphatic rings. The number of rotatable bonds is 3. The van der Waals surface area contributed by atoms with Gasteiger partial charge in [0.1, 0.15) is 17.3 Å². The van der Waals surface area contributed by atoms with Gasteiger partial charge in [0.15, 0.2) is 11.5 Å². The smallest absolute Gasteiger partial charge is 0.282 e. The molecule has 0 unspecified atom stereocenters. The van der Waals surface area contributed by atoms with Gasteiger partial charge in [-0.25, -0.2) is 4.99 Å². The summed E-state index contributed by atoms with van der Waals surface area (Å²) in [6, 6.07) is 19.8. The van der Waals surface area contributed by atoms with Crippen LogP contribution in [0, 0.1) is 6.92 Å². The molecule has 3 aromatic rings. The SMILES string of the molecule is Cc1cccc(C2=N/C(=C/c3ccc4c(c3)OCO4)C(=O)N2c2ccc(O)cc2)c1. The molecule has 5 rings (SSSR count). The Kier molecular flexibility index (Phi) is 4.25. The van der Waals surface area contributed by atoms with Crippen molar-refractivity contribution >= 4 is 23.5 Å². The van der Waals surface area contributed by atoms with Gasteiger partial charge in [0.05, 0.1) is 5.69 Å². The average Bonchev–Trinajstić information content (AvgIpc) is 3.33. The zero-order valence-electron chi connectivity index (χ0n) is 16.2. The number of anilines is 1. The van der Waals surface area contributed by atoms with Gasteiger partial charge in [-0.2, -0.15) is 0 Å². The zero-order chi connectivity index (χ0) is 20.7. The summed E-state index contributed by atoms with van der Waals surface area (Å²) in [5.74, 6) is 1.77. The van der Waals surface area contributed by atoms with E-state index >= 15 is 0 Å². The van der Waals surface area contributed by atoms with Gasteiger partial charge in [-0.05, 0) is 61.0 Å². The molecule has 6 heteroatoms. The van der Waals surface area contributed by atoms with E-state index < -0.39 is 0 Å². The number of benzene rings is 3. The lowest BCUT2D eigenvalue weighted by Crippen LogP contribution is -2.32. The number of aliphatic imine (C=N–C) groups is 1. The van der Waals surface area contributed by atoms with Crippen molar-refractivity contribution in [1.82, 2.24) is 0 Å². The van der Waals surface area contributed by atoms with Crippen molar-refractivity contribution in [2.45, 2.75) is 6.92 Å². The summed E-state index contributed by atoms with van der Waals surface area (Å²) in [4.78, 5) is 19.6. The van der Waals surface area contributed by atoms with Crippen molar-refractivity contribution < 1.29 is 19.4 Å². The molecule has 0 atom stereocenters. The van der Waals surface area contributed by atoms with Gasteiger partial charge >= 0.3 is 0 Å². The molecule has 2 heterocycles.